The summed E-state index contributed by atoms with van der Waals surface area (Å²) in [5, 5.41) is 2.60. The van der Waals surface area contributed by atoms with E-state index in [1.165, 1.54) is 0 Å². The lowest BCUT2D eigenvalue weighted by molar-refractivity contribution is -0.122. The summed E-state index contributed by atoms with van der Waals surface area (Å²) in [5.74, 6) is 4.62. The number of rotatable bonds is 3. The molecule has 0 rings (SSSR count). The third kappa shape index (κ3) is 7.05. The van der Waals surface area contributed by atoms with Crippen molar-refractivity contribution in [3.8, 4) is 0 Å². The molecule has 0 atom stereocenters. The Morgan fingerprint density at radius 1 is 1.19 bits per heavy atom. The van der Waals surface area contributed by atoms with Crippen LogP contribution in [0.4, 0.5) is 4.79 Å². The van der Waals surface area contributed by atoms with Gasteiger partial charge in [-0.3, -0.25) is 10.2 Å². The SMILES string of the molecule is CC(C)(CC(=O)NN)NC(=O)OC(C)(C)C. The van der Waals surface area contributed by atoms with Crippen molar-refractivity contribution in [1.29, 1.82) is 0 Å². The Bertz CT molecular complexity index is 269. The lowest BCUT2D eigenvalue weighted by Gasteiger charge is -2.27. The summed E-state index contributed by atoms with van der Waals surface area (Å²) in [6, 6.07) is 0. The Kier molecular flexibility index (Phi) is 4.74. The zero-order valence-electron chi connectivity index (χ0n) is 10.5. The topological polar surface area (TPSA) is 93.5 Å². The van der Waals surface area contributed by atoms with Gasteiger partial charge in [0.25, 0.3) is 0 Å². The van der Waals surface area contributed by atoms with Gasteiger partial charge in [0.05, 0.1) is 6.42 Å². The molecule has 6 heteroatoms. The summed E-state index contributed by atoms with van der Waals surface area (Å²) in [4.78, 5) is 22.5. The first kappa shape index (κ1) is 14.7. The molecule has 0 radical (unpaired) electrons. The van der Waals surface area contributed by atoms with Crippen molar-refractivity contribution < 1.29 is 14.3 Å². The van der Waals surface area contributed by atoms with E-state index in [4.69, 9.17) is 10.6 Å². The van der Waals surface area contributed by atoms with Crippen LogP contribution in [-0.2, 0) is 9.53 Å². The largest absolute Gasteiger partial charge is 0.444 e. The molecule has 0 aromatic carbocycles. The molecule has 0 aliphatic carbocycles. The second kappa shape index (κ2) is 5.16. The fourth-order valence-corrected chi connectivity index (χ4v) is 1.08. The molecule has 16 heavy (non-hydrogen) atoms. The van der Waals surface area contributed by atoms with Gasteiger partial charge < -0.3 is 10.1 Å². The molecule has 0 spiro atoms. The summed E-state index contributed by atoms with van der Waals surface area (Å²) in [6.07, 6.45) is -0.467. The van der Waals surface area contributed by atoms with Gasteiger partial charge in [0, 0.05) is 5.54 Å². The van der Waals surface area contributed by atoms with Crippen molar-refractivity contribution in [2.45, 2.75) is 52.2 Å². The van der Waals surface area contributed by atoms with Crippen LogP contribution in [-0.4, -0.2) is 23.1 Å². The van der Waals surface area contributed by atoms with Gasteiger partial charge in [0.1, 0.15) is 5.60 Å². The Morgan fingerprint density at radius 3 is 2.06 bits per heavy atom. The van der Waals surface area contributed by atoms with Gasteiger partial charge in [-0.1, -0.05) is 0 Å². The number of carbonyl (C=O) groups excluding carboxylic acids is 2. The van der Waals surface area contributed by atoms with E-state index in [-0.39, 0.29) is 12.3 Å². The fourth-order valence-electron chi connectivity index (χ4n) is 1.08. The van der Waals surface area contributed by atoms with E-state index >= 15 is 0 Å². The summed E-state index contributed by atoms with van der Waals surface area (Å²) < 4.78 is 5.08. The van der Waals surface area contributed by atoms with Gasteiger partial charge in [0.15, 0.2) is 0 Å². The maximum atomic E-state index is 11.4. The number of ether oxygens (including phenoxy) is 1. The minimum absolute atomic E-state index is 0.0861. The van der Waals surface area contributed by atoms with Gasteiger partial charge >= 0.3 is 6.09 Å². The van der Waals surface area contributed by atoms with E-state index in [1.807, 2.05) is 5.43 Å². The third-order valence-corrected chi connectivity index (χ3v) is 1.60. The molecule has 4 N–H and O–H groups in total. The Hall–Kier alpha value is -1.30. The maximum absolute atomic E-state index is 11.4. The summed E-state index contributed by atoms with van der Waals surface area (Å²) in [6.45, 7) is 8.74. The smallest absolute Gasteiger partial charge is 0.408 e. The highest BCUT2D eigenvalue weighted by molar-refractivity contribution is 5.77. The second-order valence-electron chi connectivity index (χ2n) is 5.26. The van der Waals surface area contributed by atoms with Crippen molar-refractivity contribution in [3.05, 3.63) is 0 Å². The van der Waals surface area contributed by atoms with Crippen LogP contribution in [0.15, 0.2) is 0 Å². The zero-order valence-corrected chi connectivity index (χ0v) is 10.5. The fraction of sp³-hybridized carbons (Fsp3) is 0.800. The predicted octanol–water partition coefficient (Wildman–Crippen LogP) is 0.670. The van der Waals surface area contributed by atoms with E-state index in [2.05, 4.69) is 5.32 Å². The molecule has 0 saturated carbocycles. The molecule has 0 fully saturated rings. The molecule has 6 nitrogen and oxygen atoms in total. The van der Waals surface area contributed by atoms with Crippen molar-refractivity contribution in [2.24, 2.45) is 5.84 Å². The zero-order chi connectivity index (χ0) is 13.0. The standard InChI is InChI=1S/C10H21N3O3/c1-9(2,3)16-8(15)12-10(4,5)6-7(14)13-11/h6,11H2,1-5H3,(H,12,15)(H,13,14). The molecule has 0 aromatic heterocycles. The third-order valence-electron chi connectivity index (χ3n) is 1.60. The lowest BCUT2D eigenvalue weighted by Crippen LogP contribution is -2.49. The van der Waals surface area contributed by atoms with Crippen LogP contribution < -0.4 is 16.6 Å². The van der Waals surface area contributed by atoms with E-state index in [9.17, 15) is 9.59 Å². The molecular weight excluding hydrogens is 210 g/mol. The highest BCUT2D eigenvalue weighted by Crippen LogP contribution is 2.11. The number of hydrogen-bond donors (Lipinski definition) is 3. The number of alkyl carbamates (subject to hydrolysis) is 1. The van der Waals surface area contributed by atoms with Gasteiger partial charge in [-0.15, -0.1) is 0 Å². The number of nitrogens with one attached hydrogen (secondary N) is 2. The van der Waals surface area contributed by atoms with Crippen molar-refractivity contribution in [1.82, 2.24) is 10.7 Å². The molecule has 2 amide bonds. The number of nitrogens with two attached hydrogens (primary N) is 1. The van der Waals surface area contributed by atoms with Crippen LogP contribution >= 0.6 is 0 Å². The van der Waals surface area contributed by atoms with Gasteiger partial charge in [-0.05, 0) is 34.6 Å². The first-order valence-electron chi connectivity index (χ1n) is 5.06. The number of hydrazine groups is 1. The molecule has 0 saturated heterocycles. The molecule has 0 aliphatic rings. The van der Waals surface area contributed by atoms with Crippen molar-refractivity contribution in [2.75, 3.05) is 0 Å². The van der Waals surface area contributed by atoms with Gasteiger partial charge in [-0.25, -0.2) is 10.6 Å². The molecule has 0 bridgehead atoms. The van der Waals surface area contributed by atoms with E-state index in [1.54, 1.807) is 34.6 Å². The molecule has 0 aliphatic heterocycles. The Labute approximate surface area is 95.9 Å². The van der Waals surface area contributed by atoms with Crippen LogP contribution in [0.1, 0.15) is 41.0 Å². The van der Waals surface area contributed by atoms with E-state index < -0.39 is 17.2 Å². The van der Waals surface area contributed by atoms with Gasteiger partial charge in [-0.2, -0.15) is 0 Å². The maximum Gasteiger partial charge on any atom is 0.408 e. The predicted molar refractivity (Wildman–Crippen MR) is 60.4 cm³/mol. The highest BCUT2D eigenvalue weighted by atomic mass is 16.6. The average molecular weight is 231 g/mol. The average Bonchev–Trinajstić information content (AvgIpc) is 1.97. The normalized spacial score (nSPS) is 11.9. The molecule has 94 valence electrons. The summed E-state index contributed by atoms with van der Waals surface area (Å²) in [7, 11) is 0. The van der Waals surface area contributed by atoms with Crippen LogP contribution in [0.2, 0.25) is 0 Å². The second-order valence-corrected chi connectivity index (χ2v) is 5.26. The van der Waals surface area contributed by atoms with Crippen molar-refractivity contribution in [3.63, 3.8) is 0 Å². The first-order valence-corrected chi connectivity index (χ1v) is 5.06. The van der Waals surface area contributed by atoms with E-state index in [0.717, 1.165) is 0 Å². The Morgan fingerprint density at radius 2 is 1.69 bits per heavy atom. The first-order chi connectivity index (χ1) is 7.06. The number of amides is 2. The number of hydrogen-bond acceptors (Lipinski definition) is 4. The number of carbonyl (C=O) groups is 2. The van der Waals surface area contributed by atoms with Crippen molar-refractivity contribution >= 4 is 12.0 Å². The molecule has 0 aromatic rings. The molecule has 0 heterocycles. The quantitative estimate of drug-likeness (QED) is 0.378. The van der Waals surface area contributed by atoms with Crippen LogP contribution in [0.3, 0.4) is 0 Å². The minimum atomic E-state index is -0.703. The molecular formula is C10H21N3O3. The lowest BCUT2D eigenvalue weighted by atomic mass is 10.0. The minimum Gasteiger partial charge on any atom is -0.444 e. The summed E-state index contributed by atoms with van der Waals surface area (Å²) in [5.41, 5.74) is 0.750. The van der Waals surface area contributed by atoms with E-state index in [0.29, 0.717) is 0 Å². The summed E-state index contributed by atoms with van der Waals surface area (Å²) >= 11 is 0. The molecule has 0 unspecified atom stereocenters. The van der Waals surface area contributed by atoms with Gasteiger partial charge in [0.2, 0.25) is 5.91 Å². The monoisotopic (exact) mass is 231 g/mol. The Balaban J connectivity index is 4.26. The van der Waals surface area contributed by atoms with Crippen LogP contribution in [0.5, 0.6) is 0 Å². The highest BCUT2D eigenvalue weighted by Gasteiger charge is 2.26. The van der Waals surface area contributed by atoms with Crippen LogP contribution in [0, 0.1) is 0 Å². The van der Waals surface area contributed by atoms with Crippen LogP contribution in [0.25, 0.3) is 0 Å².